The Balaban J connectivity index is 1.61. The van der Waals surface area contributed by atoms with Gasteiger partial charge in [0.2, 0.25) is 0 Å². The largest absolute Gasteiger partial charge is 0.494 e. The number of methoxy groups -OCH3 is 1. The highest BCUT2D eigenvalue weighted by Gasteiger charge is 2.23. The van der Waals surface area contributed by atoms with Crippen LogP contribution in [0.1, 0.15) is 36.6 Å². The van der Waals surface area contributed by atoms with Gasteiger partial charge in [-0.3, -0.25) is 14.7 Å². The zero-order valence-corrected chi connectivity index (χ0v) is 20.1. The summed E-state index contributed by atoms with van der Waals surface area (Å²) >= 11 is 1.47. The Morgan fingerprint density at radius 3 is 2.55 bits per heavy atom. The number of nitrogens with zero attached hydrogens (tertiary/aromatic N) is 3. The molecule has 7 heteroatoms. The zero-order chi connectivity index (χ0) is 23.4. The first-order valence-electron chi connectivity index (χ1n) is 10.8. The molecule has 4 rings (SSSR count). The lowest BCUT2D eigenvalue weighted by Gasteiger charge is -2.20. The molecule has 0 radical (unpaired) electrons. The van der Waals surface area contributed by atoms with Gasteiger partial charge < -0.3 is 9.47 Å². The predicted molar refractivity (Wildman–Crippen MR) is 132 cm³/mol. The maximum Gasteiger partial charge on any atom is 0.267 e. The Morgan fingerprint density at radius 1 is 1.09 bits per heavy atom. The van der Waals surface area contributed by atoms with Gasteiger partial charge in [-0.15, -0.1) is 0 Å². The van der Waals surface area contributed by atoms with Gasteiger partial charge in [0.1, 0.15) is 17.0 Å². The van der Waals surface area contributed by atoms with E-state index in [9.17, 15) is 4.79 Å². The van der Waals surface area contributed by atoms with Gasteiger partial charge in [0.25, 0.3) is 5.91 Å². The number of hydrogen-bond donors (Lipinski definition) is 0. The minimum absolute atomic E-state index is 0.0973. The topological polar surface area (TPSA) is 64.5 Å². The van der Waals surface area contributed by atoms with Crippen LogP contribution < -0.4 is 14.4 Å². The summed E-state index contributed by atoms with van der Waals surface area (Å²) in [5.41, 5.74) is 3.84. The van der Waals surface area contributed by atoms with Crippen LogP contribution in [0.15, 0.2) is 60.8 Å². The van der Waals surface area contributed by atoms with E-state index in [2.05, 4.69) is 18.8 Å². The summed E-state index contributed by atoms with van der Waals surface area (Å²) in [7, 11) is 1.62. The molecule has 2 aromatic heterocycles. The van der Waals surface area contributed by atoms with Gasteiger partial charge in [-0.25, -0.2) is 4.98 Å². The molecule has 0 N–H and O–H groups in total. The molecule has 0 bridgehead atoms. The van der Waals surface area contributed by atoms with Crippen molar-refractivity contribution in [3.63, 3.8) is 0 Å². The molecule has 0 aliphatic rings. The van der Waals surface area contributed by atoms with Crippen LogP contribution in [-0.2, 0) is 11.3 Å². The lowest BCUT2D eigenvalue weighted by Crippen LogP contribution is -2.34. The van der Waals surface area contributed by atoms with Crippen molar-refractivity contribution in [3.8, 4) is 11.5 Å². The maximum atomic E-state index is 13.3. The van der Waals surface area contributed by atoms with Gasteiger partial charge in [-0.2, -0.15) is 0 Å². The van der Waals surface area contributed by atoms with Gasteiger partial charge >= 0.3 is 0 Å². The third-order valence-electron chi connectivity index (χ3n) is 5.40. The predicted octanol–water partition coefficient (Wildman–Crippen LogP) is 5.74. The Hall–Kier alpha value is -3.45. The van der Waals surface area contributed by atoms with Crippen molar-refractivity contribution in [2.24, 2.45) is 0 Å². The molecule has 0 fully saturated rings. The number of aromatic nitrogens is 2. The van der Waals surface area contributed by atoms with Crippen molar-refractivity contribution in [2.75, 3.05) is 18.6 Å². The number of rotatable bonds is 8. The molecular weight excluding hydrogens is 434 g/mol. The highest BCUT2D eigenvalue weighted by molar-refractivity contribution is 7.22. The average Bonchev–Trinajstić information content (AvgIpc) is 3.28. The first-order chi connectivity index (χ1) is 16.0. The van der Waals surface area contributed by atoms with Crippen molar-refractivity contribution in [1.82, 2.24) is 9.97 Å². The Labute approximate surface area is 197 Å². The number of thiazole rings is 1. The summed E-state index contributed by atoms with van der Waals surface area (Å²) < 4.78 is 12.3. The van der Waals surface area contributed by atoms with Crippen LogP contribution in [-0.4, -0.2) is 29.6 Å². The number of carbonyl (C=O) groups excluding carboxylic acids is 1. The van der Waals surface area contributed by atoms with Crippen LogP contribution in [0.25, 0.3) is 10.2 Å². The average molecular weight is 462 g/mol. The van der Waals surface area contributed by atoms with Crippen LogP contribution in [0.3, 0.4) is 0 Å². The number of ether oxygens (including phenoxy) is 2. The second-order valence-corrected chi connectivity index (χ2v) is 9.05. The summed E-state index contributed by atoms with van der Waals surface area (Å²) in [5, 5.41) is 0.590. The fourth-order valence-electron chi connectivity index (χ4n) is 3.47. The standard InChI is InChI=1S/C26H27N3O3S/c1-17(2)19-9-11-21(12-10-19)32-16-23(30)29(15-20-7-5-6-14-27-20)26-28-24-22(31-4)13-8-18(3)25(24)33-26/h5-14,17H,15-16H2,1-4H3. The number of benzene rings is 2. The maximum absolute atomic E-state index is 13.3. The van der Waals surface area contributed by atoms with Crippen molar-refractivity contribution >= 4 is 32.6 Å². The molecule has 2 heterocycles. The van der Waals surface area contributed by atoms with Crippen molar-refractivity contribution in [2.45, 2.75) is 33.2 Å². The molecule has 0 aliphatic heterocycles. The minimum atomic E-state index is -0.190. The molecular formula is C26H27N3O3S. The first-order valence-corrected chi connectivity index (χ1v) is 11.6. The quantitative estimate of drug-likeness (QED) is 0.335. The van der Waals surface area contributed by atoms with Crippen molar-refractivity contribution in [1.29, 1.82) is 0 Å². The monoisotopic (exact) mass is 461 g/mol. The van der Waals surface area contributed by atoms with E-state index in [0.29, 0.717) is 29.1 Å². The molecule has 6 nitrogen and oxygen atoms in total. The fraction of sp³-hybridized carbons (Fsp3) is 0.269. The molecule has 2 aromatic carbocycles. The number of aryl methyl sites for hydroxylation is 1. The smallest absolute Gasteiger partial charge is 0.267 e. The number of anilines is 1. The van der Waals surface area contributed by atoms with E-state index in [0.717, 1.165) is 21.5 Å². The molecule has 33 heavy (non-hydrogen) atoms. The number of carbonyl (C=O) groups is 1. The van der Waals surface area contributed by atoms with Gasteiger partial charge in [-0.05, 0) is 54.3 Å². The third-order valence-corrected chi connectivity index (χ3v) is 6.61. The van der Waals surface area contributed by atoms with Gasteiger partial charge in [0, 0.05) is 6.20 Å². The van der Waals surface area contributed by atoms with E-state index in [4.69, 9.17) is 14.5 Å². The Kier molecular flexibility index (Phi) is 6.89. The van der Waals surface area contributed by atoms with Crippen LogP contribution in [0, 0.1) is 6.92 Å². The van der Waals surface area contributed by atoms with Crippen molar-refractivity contribution < 1.29 is 14.3 Å². The molecule has 170 valence electrons. The Morgan fingerprint density at radius 2 is 1.88 bits per heavy atom. The lowest BCUT2D eigenvalue weighted by atomic mass is 10.0. The second kappa shape index (κ2) is 10.0. The van der Waals surface area contributed by atoms with E-state index >= 15 is 0 Å². The van der Waals surface area contributed by atoms with Crippen LogP contribution in [0.4, 0.5) is 5.13 Å². The number of hydrogen-bond acceptors (Lipinski definition) is 6. The van der Waals surface area contributed by atoms with E-state index in [1.54, 1.807) is 18.2 Å². The summed E-state index contributed by atoms with van der Waals surface area (Å²) in [6.45, 7) is 6.52. The number of fused-ring (bicyclic) bond motifs is 1. The number of amides is 1. The molecule has 0 atom stereocenters. The SMILES string of the molecule is COc1ccc(C)c2sc(N(Cc3ccccn3)C(=O)COc3ccc(C(C)C)cc3)nc12. The molecule has 0 aliphatic carbocycles. The van der Waals surface area contributed by atoms with Crippen LogP contribution >= 0.6 is 11.3 Å². The molecule has 0 saturated carbocycles. The summed E-state index contributed by atoms with van der Waals surface area (Å²) in [6, 6.07) is 17.4. The molecule has 1 amide bonds. The van der Waals surface area contributed by atoms with Gasteiger partial charge in [0.05, 0.1) is 24.0 Å². The normalized spacial score (nSPS) is 11.1. The van der Waals surface area contributed by atoms with E-state index in [-0.39, 0.29) is 12.5 Å². The number of pyridine rings is 1. The van der Waals surface area contributed by atoms with E-state index in [1.807, 2.05) is 61.5 Å². The second-order valence-electron chi connectivity index (χ2n) is 8.07. The molecule has 0 saturated heterocycles. The summed E-state index contributed by atoms with van der Waals surface area (Å²) in [5.74, 6) is 1.59. The van der Waals surface area contributed by atoms with Gasteiger partial charge in [-0.1, -0.05) is 49.4 Å². The minimum Gasteiger partial charge on any atom is -0.494 e. The molecule has 0 unspecified atom stereocenters. The van der Waals surface area contributed by atoms with E-state index < -0.39 is 0 Å². The summed E-state index contributed by atoms with van der Waals surface area (Å²) in [6.07, 6.45) is 1.72. The van der Waals surface area contributed by atoms with Crippen molar-refractivity contribution in [3.05, 3.63) is 77.6 Å². The van der Waals surface area contributed by atoms with Gasteiger partial charge in [0.15, 0.2) is 11.7 Å². The molecule has 4 aromatic rings. The highest BCUT2D eigenvalue weighted by atomic mass is 32.1. The third kappa shape index (κ3) is 5.14. The summed E-state index contributed by atoms with van der Waals surface area (Å²) in [4.78, 5) is 24.1. The fourth-order valence-corrected chi connectivity index (χ4v) is 4.53. The van der Waals surface area contributed by atoms with Crippen LogP contribution in [0.5, 0.6) is 11.5 Å². The Bertz CT molecular complexity index is 1240. The highest BCUT2D eigenvalue weighted by Crippen LogP contribution is 2.37. The van der Waals surface area contributed by atoms with E-state index in [1.165, 1.54) is 16.9 Å². The zero-order valence-electron chi connectivity index (χ0n) is 19.2. The van der Waals surface area contributed by atoms with Crippen LogP contribution in [0.2, 0.25) is 0 Å². The first kappa shape index (κ1) is 22.7. The molecule has 0 spiro atoms. The lowest BCUT2D eigenvalue weighted by molar-refractivity contribution is -0.120.